The number of benzene rings is 1. The van der Waals surface area contributed by atoms with E-state index in [1.54, 1.807) is 6.07 Å². The van der Waals surface area contributed by atoms with Gasteiger partial charge in [0.15, 0.2) is 11.6 Å². The fourth-order valence-corrected chi connectivity index (χ4v) is 1.61. The second kappa shape index (κ2) is 2.99. The minimum Gasteiger partial charge on any atom is -0.480 e. The van der Waals surface area contributed by atoms with Crippen molar-refractivity contribution in [3.05, 3.63) is 34.6 Å². The monoisotopic (exact) mass is 212 g/mol. The van der Waals surface area contributed by atoms with Gasteiger partial charge in [0.1, 0.15) is 5.60 Å². The zero-order valence-corrected chi connectivity index (χ0v) is 8.73. The Morgan fingerprint density at radius 2 is 2.07 bits per heavy atom. The lowest BCUT2D eigenvalue weighted by atomic mass is 10.0. The average Bonchev–Trinajstić information content (AvgIpc) is 2.06. The molecule has 0 aliphatic carbocycles. The summed E-state index contributed by atoms with van der Waals surface area (Å²) in [6.07, 6.45) is 3.71. The van der Waals surface area contributed by atoms with Crippen molar-refractivity contribution < 1.29 is 9.13 Å². The molecule has 0 atom stereocenters. The van der Waals surface area contributed by atoms with E-state index >= 15 is 0 Å². The van der Waals surface area contributed by atoms with Crippen LogP contribution in [-0.4, -0.2) is 5.60 Å². The Kier molecular flexibility index (Phi) is 2.04. The molecule has 1 heterocycles. The van der Waals surface area contributed by atoms with Crippen LogP contribution < -0.4 is 4.74 Å². The second-order valence-electron chi connectivity index (χ2n) is 3.84. The molecule has 1 aromatic carbocycles. The molecule has 74 valence electrons. The van der Waals surface area contributed by atoms with Gasteiger partial charge in [0.2, 0.25) is 0 Å². The second-order valence-corrected chi connectivity index (χ2v) is 4.28. The summed E-state index contributed by atoms with van der Waals surface area (Å²) in [6.45, 7) is 3.75. The van der Waals surface area contributed by atoms with Crippen LogP contribution in [0.3, 0.4) is 0 Å². The average molecular weight is 213 g/mol. The highest BCUT2D eigenvalue weighted by Crippen LogP contribution is 2.35. The van der Waals surface area contributed by atoms with E-state index in [9.17, 15) is 4.39 Å². The molecule has 1 aliphatic heterocycles. The quantitative estimate of drug-likeness (QED) is 0.638. The van der Waals surface area contributed by atoms with Crippen LogP contribution in [0.4, 0.5) is 4.39 Å². The Balaban J connectivity index is 2.56. The Bertz CT molecular complexity index is 410. The molecule has 0 unspecified atom stereocenters. The first-order valence-electron chi connectivity index (χ1n) is 4.35. The van der Waals surface area contributed by atoms with Crippen LogP contribution >= 0.6 is 11.6 Å². The minimum absolute atomic E-state index is 0.280. The lowest BCUT2D eigenvalue weighted by Crippen LogP contribution is -2.28. The van der Waals surface area contributed by atoms with E-state index in [1.165, 1.54) is 6.07 Å². The van der Waals surface area contributed by atoms with Crippen LogP contribution in [0.25, 0.3) is 6.08 Å². The van der Waals surface area contributed by atoms with Gasteiger partial charge in [0.05, 0.1) is 0 Å². The highest BCUT2D eigenvalue weighted by atomic mass is 35.5. The first-order valence-corrected chi connectivity index (χ1v) is 4.73. The van der Waals surface area contributed by atoms with Crippen molar-refractivity contribution >= 4 is 17.7 Å². The van der Waals surface area contributed by atoms with E-state index in [1.807, 2.05) is 26.0 Å². The maximum atomic E-state index is 13.4. The van der Waals surface area contributed by atoms with Crippen LogP contribution in [0.1, 0.15) is 19.4 Å². The van der Waals surface area contributed by atoms with E-state index in [0.29, 0.717) is 10.6 Å². The van der Waals surface area contributed by atoms with Crippen molar-refractivity contribution in [3.8, 4) is 5.75 Å². The molecule has 0 radical (unpaired) electrons. The molecule has 0 fully saturated rings. The van der Waals surface area contributed by atoms with Gasteiger partial charge < -0.3 is 4.74 Å². The number of fused-ring (bicyclic) bond motifs is 1. The molecule has 0 amide bonds. The molecule has 0 spiro atoms. The summed E-state index contributed by atoms with van der Waals surface area (Å²) in [6, 6.07) is 2.95. The summed E-state index contributed by atoms with van der Waals surface area (Å²) in [5, 5.41) is 0.384. The molecular formula is C11H10ClFO. The summed E-state index contributed by atoms with van der Waals surface area (Å²) in [4.78, 5) is 0. The number of rotatable bonds is 0. The lowest BCUT2D eigenvalue weighted by Gasteiger charge is -2.28. The van der Waals surface area contributed by atoms with Gasteiger partial charge in [-0.15, -0.1) is 0 Å². The van der Waals surface area contributed by atoms with Crippen LogP contribution in [0.2, 0.25) is 5.02 Å². The van der Waals surface area contributed by atoms with Gasteiger partial charge in [-0.05, 0) is 32.1 Å². The minimum atomic E-state index is -0.457. The van der Waals surface area contributed by atoms with Crippen molar-refractivity contribution in [2.24, 2.45) is 0 Å². The first kappa shape index (κ1) is 9.53. The third-order valence-electron chi connectivity index (χ3n) is 2.07. The molecule has 0 aromatic heterocycles. The van der Waals surface area contributed by atoms with Gasteiger partial charge >= 0.3 is 0 Å². The van der Waals surface area contributed by atoms with Crippen LogP contribution in [0.5, 0.6) is 5.75 Å². The topological polar surface area (TPSA) is 9.23 Å². The zero-order chi connectivity index (χ0) is 10.3. The normalized spacial score (nSPS) is 17.4. The Labute approximate surface area is 87.1 Å². The van der Waals surface area contributed by atoms with Crippen LogP contribution in [-0.2, 0) is 0 Å². The maximum absolute atomic E-state index is 13.4. The van der Waals surface area contributed by atoms with Gasteiger partial charge in [-0.1, -0.05) is 17.7 Å². The molecule has 1 nitrogen and oxygen atoms in total. The molecule has 1 aromatic rings. The molecule has 0 saturated carbocycles. The van der Waals surface area contributed by atoms with Gasteiger partial charge in [-0.2, -0.15) is 0 Å². The van der Waals surface area contributed by atoms with E-state index in [0.717, 1.165) is 0 Å². The smallest absolute Gasteiger partial charge is 0.167 e. The number of hydrogen-bond acceptors (Lipinski definition) is 1. The van der Waals surface area contributed by atoms with E-state index in [-0.39, 0.29) is 5.75 Å². The van der Waals surface area contributed by atoms with Gasteiger partial charge in [-0.3, -0.25) is 0 Å². The molecule has 0 saturated heterocycles. The summed E-state index contributed by atoms with van der Waals surface area (Å²) in [7, 11) is 0. The van der Waals surface area contributed by atoms with Gasteiger partial charge in [0.25, 0.3) is 0 Å². The first-order chi connectivity index (χ1) is 6.48. The van der Waals surface area contributed by atoms with Crippen LogP contribution in [0, 0.1) is 5.82 Å². The highest BCUT2D eigenvalue weighted by Gasteiger charge is 2.24. The Morgan fingerprint density at radius 3 is 2.79 bits per heavy atom. The van der Waals surface area contributed by atoms with Crippen molar-refractivity contribution in [2.75, 3.05) is 0 Å². The summed E-state index contributed by atoms with van der Waals surface area (Å²) >= 11 is 5.72. The molecule has 0 bridgehead atoms. The third-order valence-corrected chi connectivity index (χ3v) is 2.28. The largest absolute Gasteiger partial charge is 0.480 e. The predicted octanol–water partition coefficient (Wildman–Crippen LogP) is 3.66. The molecule has 3 heteroatoms. The van der Waals surface area contributed by atoms with Crippen molar-refractivity contribution in [1.82, 2.24) is 0 Å². The van der Waals surface area contributed by atoms with E-state index in [2.05, 4.69) is 0 Å². The molecule has 14 heavy (non-hydrogen) atoms. The lowest BCUT2D eigenvalue weighted by molar-refractivity contribution is 0.151. The summed E-state index contributed by atoms with van der Waals surface area (Å²) in [5.74, 6) is -0.133. The van der Waals surface area contributed by atoms with E-state index in [4.69, 9.17) is 16.3 Å². The predicted molar refractivity (Wildman–Crippen MR) is 55.2 cm³/mol. The highest BCUT2D eigenvalue weighted by molar-refractivity contribution is 6.30. The van der Waals surface area contributed by atoms with Gasteiger partial charge in [0, 0.05) is 10.6 Å². The van der Waals surface area contributed by atoms with Gasteiger partial charge in [-0.25, -0.2) is 4.39 Å². The van der Waals surface area contributed by atoms with Crippen LogP contribution in [0.15, 0.2) is 18.2 Å². The molecule has 0 N–H and O–H groups in total. The number of hydrogen-bond donors (Lipinski definition) is 0. The summed E-state index contributed by atoms with van der Waals surface area (Å²) in [5.41, 5.74) is 0.233. The number of halogens is 2. The molecule has 2 rings (SSSR count). The summed E-state index contributed by atoms with van der Waals surface area (Å²) < 4.78 is 18.9. The Hall–Kier alpha value is -1.02. The fraction of sp³-hybridized carbons (Fsp3) is 0.273. The number of ether oxygens (including phenoxy) is 1. The fourth-order valence-electron chi connectivity index (χ4n) is 1.40. The molecular weight excluding hydrogens is 203 g/mol. The van der Waals surface area contributed by atoms with Crippen molar-refractivity contribution in [3.63, 3.8) is 0 Å². The maximum Gasteiger partial charge on any atom is 0.167 e. The third kappa shape index (κ3) is 1.62. The van der Waals surface area contributed by atoms with Crippen molar-refractivity contribution in [2.45, 2.75) is 19.4 Å². The SMILES string of the molecule is CC1(C)C=Cc2cc(Cl)cc(F)c2O1. The molecule has 1 aliphatic rings. The van der Waals surface area contributed by atoms with Crippen molar-refractivity contribution in [1.29, 1.82) is 0 Å². The standard InChI is InChI=1S/C11H10ClFO/c1-11(2)4-3-7-5-8(12)6-9(13)10(7)14-11/h3-6H,1-2H3. The van der Waals surface area contributed by atoms with E-state index < -0.39 is 11.4 Å². The zero-order valence-electron chi connectivity index (χ0n) is 7.97. The Morgan fingerprint density at radius 1 is 1.36 bits per heavy atom.